The van der Waals surface area contributed by atoms with Crippen LogP contribution in [0.4, 0.5) is 9.18 Å². The van der Waals surface area contributed by atoms with Crippen LogP contribution in [-0.4, -0.2) is 53.1 Å². The highest BCUT2D eigenvalue weighted by atomic mass is 32.2. The third-order valence-corrected chi connectivity index (χ3v) is 5.78. The predicted molar refractivity (Wildman–Crippen MR) is 118 cm³/mol. The molecule has 2 heterocycles. The third kappa shape index (κ3) is 4.83. The highest BCUT2D eigenvalue weighted by Gasteiger charge is 2.28. The van der Waals surface area contributed by atoms with Crippen LogP contribution in [0.1, 0.15) is 31.7 Å². The van der Waals surface area contributed by atoms with Crippen molar-refractivity contribution in [3.05, 3.63) is 47.9 Å². The van der Waals surface area contributed by atoms with E-state index in [2.05, 4.69) is 4.98 Å². The van der Waals surface area contributed by atoms with E-state index in [-0.39, 0.29) is 27.9 Å². The number of sulfone groups is 1. The normalized spacial score (nSPS) is 13.2. The average molecular weight is 463 g/mol. The molecule has 0 bridgehead atoms. The minimum atomic E-state index is -3.70. The van der Waals surface area contributed by atoms with E-state index in [9.17, 15) is 27.7 Å². The van der Waals surface area contributed by atoms with Gasteiger partial charge in [-0.25, -0.2) is 17.6 Å². The van der Waals surface area contributed by atoms with E-state index in [1.807, 2.05) is 0 Å². The Morgan fingerprint density at radius 2 is 1.91 bits per heavy atom. The van der Waals surface area contributed by atoms with E-state index < -0.39 is 39.8 Å². The molecule has 170 valence electrons. The van der Waals surface area contributed by atoms with E-state index in [1.165, 1.54) is 24.4 Å². The van der Waals surface area contributed by atoms with Gasteiger partial charge in [0.25, 0.3) is 0 Å². The van der Waals surface area contributed by atoms with Gasteiger partial charge < -0.3 is 20.5 Å². The maximum Gasteiger partial charge on any atom is 0.506 e. The molecule has 3 aromatic rings. The van der Waals surface area contributed by atoms with Gasteiger partial charge in [-0.2, -0.15) is 0 Å². The molecule has 32 heavy (non-hydrogen) atoms. The molecule has 0 aliphatic rings. The van der Waals surface area contributed by atoms with Gasteiger partial charge in [-0.1, -0.05) is 0 Å². The van der Waals surface area contributed by atoms with Crippen LogP contribution in [0.25, 0.3) is 22.2 Å². The summed E-state index contributed by atoms with van der Waals surface area (Å²) in [5.41, 5.74) is 5.39. The summed E-state index contributed by atoms with van der Waals surface area (Å²) in [5, 5.41) is 18.5. The maximum absolute atomic E-state index is 14.4. The summed E-state index contributed by atoms with van der Waals surface area (Å²) in [6.07, 6.45) is 1.45. The summed E-state index contributed by atoms with van der Waals surface area (Å²) in [6, 6.07) is 6.34. The Balaban J connectivity index is 2.25. The maximum atomic E-state index is 14.4. The number of hydrogen-bond acceptors (Lipinski definition) is 8. The van der Waals surface area contributed by atoms with E-state index in [0.29, 0.717) is 5.39 Å². The van der Waals surface area contributed by atoms with Crippen molar-refractivity contribution < 1.29 is 32.4 Å². The number of fused-ring (bicyclic) bond motifs is 1. The van der Waals surface area contributed by atoms with Crippen LogP contribution in [0, 0.1) is 5.82 Å². The predicted octanol–water partition coefficient (Wildman–Crippen LogP) is 1.31. The topological polar surface area (TPSA) is 145 Å². The SMILES string of the molecule is CC(C)(C)OC(=O)n1c(B(O)O)cc2c(-c3cc(F)cc(C(N)S(C)(=O)=O)c3)nccc21. The first-order valence-electron chi connectivity index (χ1n) is 9.54. The zero-order valence-electron chi connectivity index (χ0n) is 17.9. The first kappa shape index (κ1) is 23.9. The smallest absolute Gasteiger partial charge is 0.443 e. The molecule has 0 amide bonds. The molecule has 0 radical (unpaired) electrons. The lowest BCUT2D eigenvalue weighted by molar-refractivity contribution is 0.0547. The van der Waals surface area contributed by atoms with Gasteiger partial charge in [-0.05, 0) is 56.7 Å². The van der Waals surface area contributed by atoms with Crippen LogP contribution < -0.4 is 11.3 Å². The van der Waals surface area contributed by atoms with Gasteiger partial charge in [-0.3, -0.25) is 9.55 Å². The van der Waals surface area contributed by atoms with Crippen molar-refractivity contribution in [3.8, 4) is 11.3 Å². The standard InChI is InChI=1S/C20H23BFN3O6S/c1-20(2,3)31-19(26)25-15-5-6-24-17(14(15)10-16(25)21(27)28)11-7-12(9-13(22)8-11)18(23)32(4,29)30/h5-10,18,27-28H,23H2,1-4H3. The van der Waals surface area contributed by atoms with Crippen LogP contribution in [0.15, 0.2) is 36.5 Å². The Kier molecular flexibility index (Phi) is 6.18. The van der Waals surface area contributed by atoms with Crippen LogP contribution >= 0.6 is 0 Å². The molecule has 2 aromatic heterocycles. The van der Waals surface area contributed by atoms with Gasteiger partial charge in [0.1, 0.15) is 16.8 Å². The molecule has 9 nitrogen and oxygen atoms in total. The van der Waals surface area contributed by atoms with Crippen molar-refractivity contribution in [2.75, 3.05) is 6.26 Å². The molecule has 1 atom stereocenters. The molecule has 1 unspecified atom stereocenters. The fraction of sp³-hybridized carbons (Fsp3) is 0.300. The van der Waals surface area contributed by atoms with Crippen LogP contribution in [0.2, 0.25) is 0 Å². The van der Waals surface area contributed by atoms with E-state index in [1.54, 1.807) is 20.8 Å². The summed E-state index contributed by atoms with van der Waals surface area (Å²) in [7, 11) is -5.71. The number of rotatable bonds is 4. The summed E-state index contributed by atoms with van der Waals surface area (Å²) in [4.78, 5) is 17.0. The van der Waals surface area contributed by atoms with Crippen molar-refractivity contribution >= 4 is 39.5 Å². The Labute approximate surface area is 184 Å². The van der Waals surface area contributed by atoms with Gasteiger partial charge in [-0.15, -0.1) is 0 Å². The van der Waals surface area contributed by atoms with Gasteiger partial charge >= 0.3 is 13.2 Å². The lowest BCUT2D eigenvalue weighted by atomic mass is 9.86. The average Bonchev–Trinajstić information content (AvgIpc) is 3.04. The zero-order chi connectivity index (χ0) is 24.0. The van der Waals surface area contributed by atoms with Crippen LogP contribution in [-0.2, 0) is 14.6 Å². The first-order valence-corrected chi connectivity index (χ1v) is 11.5. The second-order valence-electron chi connectivity index (χ2n) is 8.37. The van der Waals surface area contributed by atoms with Crippen LogP contribution in [0.5, 0.6) is 0 Å². The molecule has 0 spiro atoms. The summed E-state index contributed by atoms with van der Waals surface area (Å²) in [5.74, 6) is -0.732. The molecule has 0 saturated carbocycles. The fourth-order valence-corrected chi connectivity index (χ4v) is 3.87. The summed E-state index contributed by atoms with van der Waals surface area (Å²) in [6.45, 7) is 4.99. The van der Waals surface area contributed by atoms with Gasteiger partial charge in [0.2, 0.25) is 0 Å². The highest BCUT2D eigenvalue weighted by molar-refractivity contribution is 7.90. The molecular formula is C20H23BFN3O6S. The lowest BCUT2D eigenvalue weighted by Gasteiger charge is -2.21. The first-order chi connectivity index (χ1) is 14.7. The van der Waals surface area contributed by atoms with E-state index in [4.69, 9.17) is 10.5 Å². The van der Waals surface area contributed by atoms with E-state index in [0.717, 1.165) is 23.0 Å². The Morgan fingerprint density at radius 1 is 1.25 bits per heavy atom. The van der Waals surface area contributed by atoms with E-state index >= 15 is 0 Å². The molecule has 0 saturated heterocycles. The number of carbonyl (C=O) groups is 1. The van der Waals surface area contributed by atoms with Crippen molar-refractivity contribution in [3.63, 3.8) is 0 Å². The van der Waals surface area contributed by atoms with Crippen molar-refractivity contribution in [1.82, 2.24) is 9.55 Å². The third-order valence-electron chi connectivity index (χ3n) is 4.58. The molecule has 0 fully saturated rings. The molecular weight excluding hydrogens is 440 g/mol. The quantitative estimate of drug-likeness (QED) is 0.491. The number of ether oxygens (including phenoxy) is 1. The Hall–Kier alpha value is -2.80. The molecule has 0 aliphatic heterocycles. The monoisotopic (exact) mass is 463 g/mol. The van der Waals surface area contributed by atoms with Gasteiger partial charge in [0.05, 0.1) is 16.8 Å². The van der Waals surface area contributed by atoms with Gasteiger partial charge in [0, 0.05) is 23.4 Å². The Morgan fingerprint density at radius 3 is 2.47 bits per heavy atom. The number of nitrogens with zero attached hydrogens (tertiary/aromatic N) is 2. The largest absolute Gasteiger partial charge is 0.506 e. The molecule has 12 heteroatoms. The minimum absolute atomic E-state index is 0.0234. The number of carbonyl (C=O) groups excluding carboxylic acids is 1. The minimum Gasteiger partial charge on any atom is -0.443 e. The number of pyridine rings is 1. The van der Waals surface area contributed by atoms with Crippen LogP contribution in [0.3, 0.4) is 0 Å². The number of halogens is 1. The second-order valence-corrected chi connectivity index (χ2v) is 10.5. The highest BCUT2D eigenvalue weighted by Crippen LogP contribution is 2.30. The molecule has 3 rings (SSSR count). The van der Waals surface area contributed by atoms with Crippen molar-refractivity contribution in [2.45, 2.75) is 31.7 Å². The number of benzene rings is 1. The zero-order valence-corrected chi connectivity index (χ0v) is 18.7. The summed E-state index contributed by atoms with van der Waals surface area (Å²) >= 11 is 0. The second kappa shape index (κ2) is 8.28. The number of nitrogens with two attached hydrogens (primary N) is 1. The number of hydrogen-bond donors (Lipinski definition) is 3. The fourth-order valence-electron chi connectivity index (χ4n) is 3.24. The summed E-state index contributed by atoms with van der Waals surface area (Å²) < 4.78 is 44.4. The van der Waals surface area contributed by atoms with Gasteiger partial charge in [0.15, 0.2) is 9.84 Å². The Bertz CT molecular complexity index is 1300. The number of aromatic nitrogens is 2. The molecule has 4 N–H and O–H groups in total. The van der Waals surface area contributed by atoms with Crippen molar-refractivity contribution in [1.29, 1.82) is 0 Å². The lowest BCUT2D eigenvalue weighted by Crippen LogP contribution is -2.40. The van der Waals surface area contributed by atoms with Crippen molar-refractivity contribution in [2.24, 2.45) is 5.73 Å². The molecule has 0 aliphatic carbocycles. The molecule has 1 aromatic carbocycles.